The number of hydrogen-bond donors (Lipinski definition) is 2. The van der Waals surface area contributed by atoms with E-state index in [0.717, 1.165) is 32.4 Å². The van der Waals surface area contributed by atoms with Crippen molar-refractivity contribution in [1.29, 1.82) is 0 Å². The highest BCUT2D eigenvalue weighted by molar-refractivity contribution is 5.74. The summed E-state index contributed by atoms with van der Waals surface area (Å²) in [5.74, 6) is 0. The molecule has 1 fully saturated rings. The van der Waals surface area contributed by atoms with Crippen LogP contribution in [0, 0.1) is 0 Å². The molecule has 4 nitrogen and oxygen atoms in total. The van der Waals surface area contributed by atoms with E-state index in [1.165, 1.54) is 12.8 Å². The Hall–Kier alpha value is -0.770. The van der Waals surface area contributed by atoms with Gasteiger partial charge in [0.15, 0.2) is 0 Å². The second kappa shape index (κ2) is 6.67. The summed E-state index contributed by atoms with van der Waals surface area (Å²) in [7, 11) is 0. The van der Waals surface area contributed by atoms with E-state index in [-0.39, 0.29) is 12.1 Å². The minimum atomic E-state index is 0.0641. The molecule has 15 heavy (non-hydrogen) atoms. The maximum Gasteiger partial charge on any atom is 0.317 e. The zero-order valence-corrected chi connectivity index (χ0v) is 9.67. The predicted octanol–water partition coefficient (Wildman–Crippen LogP) is 1.31. The molecule has 2 amide bonds. The van der Waals surface area contributed by atoms with Gasteiger partial charge in [0.05, 0.1) is 0 Å². The summed E-state index contributed by atoms with van der Waals surface area (Å²) in [6, 6.07) is 0.304. The summed E-state index contributed by atoms with van der Waals surface area (Å²) in [4.78, 5) is 13.8. The van der Waals surface area contributed by atoms with Crippen molar-refractivity contribution >= 4 is 6.03 Å². The molecule has 0 spiro atoms. The molecule has 1 aliphatic rings. The monoisotopic (exact) mass is 213 g/mol. The Kier molecular flexibility index (Phi) is 5.47. The lowest BCUT2D eigenvalue weighted by molar-refractivity contribution is 0.177. The molecular formula is C11H23N3O. The van der Waals surface area contributed by atoms with Gasteiger partial charge >= 0.3 is 6.03 Å². The summed E-state index contributed by atoms with van der Waals surface area (Å²) in [5.41, 5.74) is 5.71. The molecule has 1 heterocycles. The lowest BCUT2D eigenvalue weighted by Crippen LogP contribution is -2.48. The van der Waals surface area contributed by atoms with E-state index >= 15 is 0 Å². The van der Waals surface area contributed by atoms with Crippen LogP contribution in [0.5, 0.6) is 0 Å². The average Bonchev–Trinajstić information content (AvgIpc) is 2.50. The van der Waals surface area contributed by atoms with Crippen molar-refractivity contribution < 1.29 is 4.79 Å². The molecule has 1 unspecified atom stereocenters. The summed E-state index contributed by atoms with van der Waals surface area (Å²) in [5, 5.41) is 2.93. The zero-order valence-electron chi connectivity index (χ0n) is 9.67. The number of carbonyl (C=O) groups is 1. The lowest BCUT2D eigenvalue weighted by atomic mass is 10.1. The fourth-order valence-corrected chi connectivity index (χ4v) is 2.02. The molecular weight excluding hydrogens is 190 g/mol. The van der Waals surface area contributed by atoms with E-state index < -0.39 is 0 Å². The minimum absolute atomic E-state index is 0.0641. The Balaban J connectivity index is 2.49. The summed E-state index contributed by atoms with van der Waals surface area (Å²) in [6.07, 6.45) is 5.55. The molecule has 3 N–H and O–H groups in total. The molecule has 88 valence electrons. The zero-order chi connectivity index (χ0) is 11.1. The standard InChI is InChI=1S/C11H23N3O/c1-2-7-13-11(15)14-8-5-3-4-6-10(14)9-12/h10H,2-9,12H2,1H3,(H,13,15). The van der Waals surface area contributed by atoms with Crippen molar-refractivity contribution in [2.75, 3.05) is 19.6 Å². The van der Waals surface area contributed by atoms with Crippen LogP contribution in [0.2, 0.25) is 0 Å². The van der Waals surface area contributed by atoms with Crippen molar-refractivity contribution in [2.45, 2.75) is 45.1 Å². The van der Waals surface area contributed by atoms with Gasteiger partial charge < -0.3 is 16.0 Å². The largest absolute Gasteiger partial charge is 0.338 e. The average molecular weight is 213 g/mol. The van der Waals surface area contributed by atoms with Gasteiger partial charge in [0, 0.05) is 25.7 Å². The summed E-state index contributed by atoms with van der Waals surface area (Å²) >= 11 is 0. The highest BCUT2D eigenvalue weighted by Gasteiger charge is 2.23. The maximum absolute atomic E-state index is 11.8. The second-order valence-electron chi connectivity index (χ2n) is 4.16. The normalized spacial score (nSPS) is 22.3. The van der Waals surface area contributed by atoms with Gasteiger partial charge in [-0.05, 0) is 19.3 Å². The molecule has 1 saturated heterocycles. The van der Waals surface area contributed by atoms with Gasteiger partial charge in [-0.1, -0.05) is 19.8 Å². The number of carbonyl (C=O) groups excluding carboxylic acids is 1. The van der Waals surface area contributed by atoms with Crippen LogP contribution in [-0.2, 0) is 0 Å². The Morgan fingerprint density at radius 3 is 2.93 bits per heavy atom. The number of nitrogens with zero attached hydrogens (tertiary/aromatic N) is 1. The van der Waals surface area contributed by atoms with E-state index in [1.807, 2.05) is 4.90 Å². The van der Waals surface area contributed by atoms with Crippen LogP contribution in [0.1, 0.15) is 39.0 Å². The highest BCUT2D eigenvalue weighted by atomic mass is 16.2. The third-order valence-electron chi connectivity index (χ3n) is 2.94. The van der Waals surface area contributed by atoms with Crippen LogP contribution in [0.3, 0.4) is 0 Å². The molecule has 0 aromatic rings. The van der Waals surface area contributed by atoms with Crippen LogP contribution in [0.25, 0.3) is 0 Å². The Bertz CT molecular complexity index is 196. The van der Waals surface area contributed by atoms with Crippen LogP contribution in [0.15, 0.2) is 0 Å². The quantitative estimate of drug-likeness (QED) is 0.742. The van der Waals surface area contributed by atoms with Crippen LogP contribution < -0.4 is 11.1 Å². The van der Waals surface area contributed by atoms with E-state index in [4.69, 9.17) is 5.73 Å². The Labute approximate surface area is 92.2 Å². The number of nitrogens with two attached hydrogens (primary N) is 1. The van der Waals surface area contributed by atoms with Gasteiger partial charge in [0.1, 0.15) is 0 Å². The molecule has 4 heteroatoms. The van der Waals surface area contributed by atoms with Gasteiger partial charge in [0.2, 0.25) is 0 Å². The van der Waals surface area contributed by atoms with Crippen molar-refractivity contribution in [1.82, 2.24) is 10.2 Å². The molecule has 0 aliphatic carbocycles. The Morgan fingerprint density at radius 1 is 1.47 bits per heavy atom. The Morgan fingerprint density at radius 2 is 2.27 bits per heavy atom. The molecule has 0 saturated carbocycles. The second-order valence-corrected chi connectivity index (χ2v) is 4.16. The predicted molar refractivity (Wildman–Crippen MR) is 61.7 cm³/mol. The van der Waals surface area contributed by atoms with Gasteiger partial charge in [-0.2, -0.15) is 0 Å². The summed E-state index contributed by atoms with van der Waals surface area (Å²) < 4.78 is 0. The molecule has 0 aromatic carbocycles. The first-order valence-electron chi connectivity index (χ1n) is 6.04. The van der Waals surface area contributed by atoms with E-state index in [0.29, 0.717) is 6.54 Å². The third kappa shape index (κ3) is 3.70. The smallest absolute Gasteiger partial charge is 0.317 e. The van der Waals surface area contributed by atoms with E-state index in [2.05, 4.69) is 12.2 Å². The van der Waals surface area contributed by atoms with Gasteiger partial charge in [-0.15, -0.1) is 0 Å². The molecule has 1 aliphatic heterocycles. The topological polar surface area (TPSA) is 58.4 Å². The van der Waals surface area contributed by atoms with Gasteiger partial charge in [-0.3, -0.25) is 0 Å². The number of hydrogen-bond acceptors (Lipinski definition) is 2. The molecule has 0 radical (unpaired) electrons. The van der Waals surface area contributed by atoms with Crippen LogP contribution >= 0.6 is 0 Å². The lowest BCUT2D eigenvalue weighted by Gasteiger charge is -2.29. The number of amides is 2. The molecule has 0 aromatic heterocycles. The van der Waals surface area contributed by atoms with Gasteiger partial charge in [0.25, 0.3) is 0 Å². The molecule has 1 atom stereocenters. The number of nitrogens with one attached hydrogen (secondary N) is 1. The highest BCUT2D eigenvalue weighted by Crippen LogP contribution is 2.15. The molecule has 1 rings (SSSR count). The van der Waals surface area contributed by atoms with E-state index in [1.54, 1.807) is 0 Å². The first-order chi connectivity index (χ1) is 7.29. The number of rotatable bonds is 3. The van der Waals surface area contributed by atoms with Crippen LogP contribution in [-0.4, -0.2) is 36.6 Å². The van der Waals surface area contributed by atoms with Crippen molar-refractivity contribution in [3.63, 3.8) is 0 Å². The molecule has 0 bridgehead atoms. The summed E-state index contributed by atoms with van der Waals surface area (Å²) in [6.45, 7) is 4.26. The SMILES string of the molecule is CCCNC(=O)N1CCCCCC1CN. The third-order valence-corrected chi connectivity index (χ3v) is 2.94. The fraction of sp³-hybridized carbons (Fsp3) is 0.909. The van der Waals surface area contributed by atoms with Crippen LogP contribution in [0.4, 0.5) is 4.79 Å². The van der Waals surface area contributed by atoms with Crippen molar-refractivity contribution in [2.24, 2.45) is 5.73 Å². The number of urea groups is 1. The minimum Gasteiger partial charge on any atom is -0.338 e. The maximum atomic E-state index is 11.8. The van der Waals surface area contributed by atoms with Gasteiger partial charge in [-0.25, -0.2) is 4.79 Å². The van der Waals surface area contributed by atoms with Crippen molar-refractivity contribution in [3.05, 3.63) is 0 Å². The fourth-order valence-electron chi connectivity index (χ4n) is 2.02. The van der Waals surface area contributed by atoms with E-state index in [9.17, 15) is 4.79 Å². The first-order valence-corrected chi connectivity index (χ1v) is 6.04. The van der Waals surface area contributed by atoms with Crippen molar-refractivity contribution in [3.8, 4) is 0 Å². The number of likely N-dealkylation sites (tertiary alicyclic amines) is 1. The first kappa shape index (κ1) is 12.3.